The van der Waals surface area contributed by atoms with Crippen LogP contribution in [0.5, 0.6) is 0 Å². The van der Waals surface area contributed by atoms with Crippen molar-refractivity contribution in [3.63, 3.8) is 0 Å². The second-order valence-corrected chi connectivity index (χ2v) is 3.70. The van der Waals surface area contributed by atoms with Crippen LogP contribution in [0.3, 0.4) is 0 Å². The lowest BCUT2D eigenvalue weighted by Gasteiger charge is -2.02. The number of anilines is 1. The second kappa shape index (κ2) is 3.51. The van der Waals surface area contributed by atoms with E-state index < -0.39 is 0 Å². The Morgan fingerprint density at radius 2 is 1.94 bits per heavy atom. The van der Waals surface area contributed by atoms with E-state index in [9.17, 15) is 0 Å². The van der Waals surface area contributed by atoms with Crippen LogP contribution in [-0.4, -0.2) is 24.5 Å². The van der Waals surface area contributed by atoms with Crippen LogP contribution in [0.25, 0.3) is 22.6 Å². The quantitative estimate of drug-likeness (QED) is 0.669. The molecule has 6 heteroatoms. The van der Waals surface area contributed by atoms with Crippen molar-refractivity contribution in [3.05, 3.63) is 30.9 Å². The number of fused-ring (bicyclic) bond motifs is 1. The van der Waals surface area contributed by atoms with Crippen molar-refractivity contribution in [1.29, 1.82) is 0 Å². The largest absolute Gasteiger partial charge is 0.382 e. The van der Waals surface area contributed by atoms with E-state index in [-0.39, 0.29) is 0 Å². The molecule has 2 N–H and O–H groups in total. The molecule has 0 aromatic carbocycles. The first-order valence-corrected chi connectivity index (χ1v) is 5.10. The molecule has 0 fully saturated rings. The van der Waals surface area contributed by atoms with Gasteiger partial charge >= 0.3 is 0 Å². The van der Waals surface area contributed by atoms with Crippen LogP contribution >= 0.6 is 0 Å². The van der Waals surface area contributed by atoms with E-state index in [1.54, 1.807) is 18.7 Å². The van der Waals surface area contributed by atoms with Crippen LogP contribution in [0, 0.1) is 0 Å². The molecule has 3 heterocycles. The molecule has 3 aromatic rings. The minimum atomic E-state index is 0.391. The summed E-state index contributed by atoms with van der Waals surface area (Å²) < 4.78 is 1.82. The second-order valence-electron chi connectivity index (χ2n) is 3.70. The molecular weight excluding hydrogens is 216 g/mol. The standard InChI is InChI=1S/C11H10N6/c1-17-6-14-8-9(12)15-10(16-11(8)17)7-2-4-13-5-3-7/h2-6H,1H3,(H2,12,15,16). The van der Waals surface area contributed by atoms with Gasteiger partial charge in [-0.3, -0.25) is 4.98 Å². The van der Waals surface area contributed by atoms with Gasteiger partial charge in [-0.25, -0.2) is 15.0 Å². The van der Waals surface area contributed by atoms with Gasteiger partial charge in [-0.05, 0) is 12.1 Å². The maximum Gasteiger partial charge on any atom is 0.165 e. The summed E-state index contributed by atoms with van der Waals surface area (Å²) in [5.74, 6) is 0.975. The molecular formula is C11H10N6. The molecule has 0 aliphatic carbocycles. The number of aryl methyl sites for hydroxylation is 1. The third-order valence-corrected chi connectivity index (χ3v) is 2.53. The highest BCUT2D eigenvalue weighted by atomic mass is 15.1. The van der Waals surface area contributed by atoms with Crippen LogP contribution in [0.2, 0.25) is 0 Å². The summed E-state index contributed by atoms with van der Waals surface area (Å²) in [4.78, 5) is 16.8. The molecule has 84 valence electrons. The van der Waals surface area contributed by atoms with Crippen LogP contribution in [0.15, 0.2) is 30.9 Å². The molecule has 3 aromatic heterocycles. The van der Waals surface area contributed by atoms with Crippen LogP contribution < -0.4 is 5.73 Å². The van der Waals surface area contributed by atoms with Crippen molar-refractivity contribution in [2.45, 2.75) is 0 Å². The normalized spacial score (nSPS) is 10.9. The van der Waals surface area contributed by atoms with Crippen molar-refractivity contribution in [1.82, 2.24) is 24.5 Å². The highest BCUT2D eigenvalue weighted by Gasteiger charge is 2.10. The number of pyridine rings is 1. The third kappa shape index (κ3) is 1.50. The Morgan fingerprint density at radius 1 is 1.18 bits per heavy atom. The van der Waals surface area contributed by atoms with Crippen molar-refractivity contribution in [3.8, 4) is 11.4 Å². The van der Waals surface area contributed by atoms with Gasteiger partial charge in [0.1, 0.15) is 5.52 Å². The van der Waals surface area contributed by atoms with Gasteiger partial charge in [0, 0.05) is 25.0 Å². The molecule has 0 aliphatic rings. The van der Waals surface area contributed by atoms with E-state index in [1.807, 2.05) is 23.7 Å². The van der Waals surface area contributed by atoms with Gasteiger partial charge < -0.3 is 10.3 Å². The van der Waals surface area contributed by atoms with Gasteiger partial charge in [0.2, 0.25) is 0 Å². The Balaban J connectivity index is 2.28. The number of nitrogens with zero attached hydrogens (tertiary/aromatic N) is 5. The molecule has 0 bridgehead atoms. The van der Waals surface area contributed by atoms with Gasteiger partial charge in [0.25, 0.3) is 0 Å². The Morgan fingerprint density at radius 3 is 2.71 bits per heavy atom. The summed E-state index contributed by atoms with van der Waals surface area (Å²) in [6.07, 6.45) is 5.07. The summed E-state index contributed by atoms with van der Waals surface area (Å²) in [6.45, 7) is 0. The van der Waals surface area contributed by atoms with E-state index >= 15 is 0 Å². The molecule has 0 amide bonds. The van der Waals surface area contributed by atoms with Gasteiger partial charge in [-0.15, -0.1) is 0 Å². The highest BCUT2D eigenvalue weighted by molar-refractivity contribution is 5.83. The SMILES string of the molecule is Cn1cnc2c(N)nc(-c3ccncc3)nc21. The predicted octanol–water partition coefficient (Wildman–Crippen LogP) is 1.01. The fourth-order valence-electron chi connectivity index (χ4n) is 1.66. The van der Waals surface area contributed by atoms with E-state index in [1.165, 1.54) is 0 Å². The van der Waals surface area contributed by atoms with E-state index in [4.69, 9.17) is 5.73 Å². The smallest absolute Gasteiger partial charge is 0.165 e. The fraction of sp³-hybridized carbons (Fsp3) is 0.0909. The number of aromatic nitrogens is 5. The predicted molar refractivity (Wildman–Crippen MR) is 63.9 cm³/mol. The molecule has 0 saturated carbocycles. The molecule has 6 nitrogen and oxygen atoms in total. The molecule has 3 rings (SSSR count). The Labute approximate surface area is 97.2 Å². The summed E-state index contributed by atoms with van der Waals surface area (Å²) in [6, 6.07) is 3.69. The maximum absolute atomic E-state index is 5.87. The number of rotatable bonds is 1. The van der Waals surface area contributed by atoms with Crippen molar-refractivity contribution < 1.29 is 0 Å². The number of hydrogen-bond acceptors (Lipinski definition) is 5. The fourth-order valence-corrected chi connectivity index (χ4v) is 1.66. The average molecular weight is 226 g/mol. The topological polar surface area (TPSA) is 82.5 Å². The lowest BCUT2D eigenvalue weighted by molar-refractivity contribution is 0.929. The molecule has 0 spiro atoms. The monoisotopic (exact) mass is 226 g/mol. The average Bonchev–Trinajstić information content (AvgIpc) is 2.73. The van der Waals surface area contributed by atoms with Crippen molar-refractivity contribution in [2.24, 2.45) is 7.05 Å². The zero-order valence-electron chi connectivity index (χ0n) is 9.20. The van der Waals surface area contributed by atoms with Crippen LogP contribution in [0.1, 0.15) is 0 Å². The molecule has 0 saturated heterocycles. The minimum Gasteiger partial charge on any atom is -0.382 e. The highest BCUT2D eigenvalue weighted by Crippen LogP contribution is 2.20. The van der Waals surface area contributed by atoms with Gasteiger partial charge in [-0.2, -0.15) is 0 Å². The maximum atomic E-state index is 5.87. The van der Waals surface area contributed by atoms with Crippen LogP contribution in [-0.2, 0) is 7.05 Å². The molecule has 17 heavy (non-hydrogen) atoms. The van der Waals surface area contributed by atoms with Gasteiger partial charge in [0.05, 0.1) is 6.33 Å². The molecule has 0 unspecified atom stereocenters. The summed E-state index contributed by atoms with van der Waals surface area (Å²) in [7, 11) is 1.87. The minimum absolute atomic E-state index is 0.391. The van der Waals surface area contributed by atoms with Crippen molar-refractivity contribution in [2.75, 3.05) is 5.73 Å². The lowest BCUT2D eigenvalue weighted by Crippen LogP contribution is -1.99. The summed E-state index contributed by atoms with van der Waals surface area (Å²) >= 11 is 0. The first kappa shape index (κ1) is 9.71. The molecule has 0 atom stereocenters. The molecule has 0 aliphatic heterocycles. The summed E-state index contributed by atoms with van der Waals surface area (Å²) in [5, 5.41) is 0. The first-order valence-electron chi connectivity index (χ1n) is 5.10. The number of nitrogens with two attached hydrogens (primary N) is 1. The van der Waals surface area contributed by atoms with Crippen LogP contribution in [0.4, 0.5) is 5.82 Å². The first-order chi connectivity index (χ1) is 8.25. The Hall–Kier alpha value is -2.50. The third-order valence-electron chi connectivity index (χ3n) is 2.53. The zero-order chi connectivity index (χ0) is 11.8. The van der Waals surface area contributed by atoms with E-state index in [2.05, 4.69) is 19.9 Å². The Bertz CT molecular complexity index is 673. The van der Waals surface area contributed by atoms with Crippen molar-refractivity contribution >= 4 is 17.0 Å². The zero-order valence-corrected chi connectivity index (χ0v) is 9.20. The molecule has 0 radical (unpaired) electrons. The van der Waals surface area contributed by atoms with Gasteiger partial charge in [-0.1, -0.05) is 0 Å². The number of imidazole rings is 1. The Kier molecular flexibility index (Phi) is 2.01. The van der Waals surface area contributed by atoms with E-state index in [0.717, 1.165) is 11.2 Å². The van der Waals surface area contributed by atoms with Gasteiger partial charge in [0.15, 0.2) is 17.3 Å². The number of nitrogen functional groups attached to an aromatic ring is 1. The summed E-state index contributed by atoms with van der Waals surface area (Å²) in [5.41, 5.74) is 8.11. The van der Waals surface area contributed by atoms with E-state index in [0.29, 0.717) is 17.2 Å². The lowest BCUT2D eigenvalue weighted by atomic mass is 10.2. The number of hydrogen-bond donors (Lipinski definition) is 1.